The number of halogens is 4. The van der Waals surface area contributed by atoms with Gasteiger partial charge in [0.25, 0.3) is 0 Å². The third kappa shape index (κ3) is 4.58. The zero-order chi connectivity index (χ0) is 19.5. The molecule has 0 atom stereocenters. The van der Waals surface area contributed by atoms with E-state index in [9.17, 15) is 23.2 Å². The van der Waals surface area contributed by atoms with E-state index in [1.54, 1.807) is 19.1 Å². The van der Waals surface area contributed by atoms with E-state index < -0.39 is 17.8 Å². The van der Waals surface area contributed by atoms with Crippen LogP contribution < -0.4 is 9.80 Å². The molecule has 0 fully saturated rings. The number of anilines is 1. The van der Waals surface area contributed by atoms with E-state index in [4.69, 9.17) is 4.74 Å². The van der Waals surface area contributed by atoms with Gasteiger partial charge in [0.2, 0.25) is 0 Å². The first-order valence-corrected chi connectivity index (χ1v) is 8.38. The maximum atomic E-state index is 13.2. The van der Waals surface area contributed by atoms with E-state index in [1.165, 1.54) is 18.2 Å². The molecule has 1 amide bonds. The van der Waals surface area contributed by atoms with Crippen molar-refractivity contribution in [3.05, 3.63) is 56.7 Å². The highest BCUT2D eigenvalue weighted by Crippen LogP contribution is 2.37. The summed E-state index contributed by atoms with van der Waals surface area (Å²) < 4.78 is 50.0. The topological polar surface area (TPSA) is 59.0 Å². The second kappa shape index (κ2) is 8.12. The molecular weight excluding hydrogens is 466 g/mol. The lowest BCUT2D eigenvalue weighted by Gasteiger charge is -2.20. The molecule has 0 heterocycles. The van der Waals surface area contributed by atoms with Gasteiger partial charge in [-0.3, -0.25) is 5.21 Å². The van der Waals surface area contributed by atoms with Gasteiger partial charge in [0.05, 0.1) is 18.4 Å². The van der Waals surface area contributed by atoms with Crippen LogP contribution in [0.5, 0.6) is 5.75 Å². The Labute approximate surface area is 161 Å². The zero-order valence-electron chi connectivity index (χ0n) is 13.8. The average Bonchev–Trinajstić information content (AvgIpc) is 2.59. The Morgan fingerprint density at radius 1 is 1.27 bits per heavy atom. The maximum absolute atomic E-state index is 13.2. The van der Waals surface area contributed by atoms with Gasteiger partial charge in [0.1, 0.15) is 12.4 Å². The first-order chi connectivity index (χ1) is 12.1. The van der Waals surface area contributed by atoms with E-state index in [1.807, 2.05) is 22.6 Å². The number of aryl methyl sites for hydroxylation is 1. The molecular formula is C17H15F3INO4. The lowest BCUT2D eigenvalue weighted by molar-refractivity contribution is -0.139. The first kappa shape index (κ1) is 20.3. The summed E-state index contributed by atoms with van der Waals surface area (Å²) in [5, 5.41) is 10.2. The molecule has 0 unspecified atom stereocenters. The van der Waals surface area contributed by atoms with Crippen molar-refractivity contribution in [1.82, 2.24) is 0 Å². The standard InChI is InChI=1S/C17H15F3INO4/c1-10-6-7-15(12(8-10)17(18,19)20)26-9-11-13(21)4-3-5-14(11)22(24)16(23)25-2/h3-8,24H,9H2,1-2H3. The molecule has 0 radical (unpaired) electrons. The fraction of sp³-hybridized carbons (Fsp3) is 0.235. The molecule has 0 aliphatic carbocycles. The van der Waals surface area contributed by atoms with Gasteiger partial charge in [0, 0.05) is 9.13 Å². The van der Waals surface area contributed by atoms with E-state index >= 15 is 0 Å². The molecule has 9 heteroatoms. The SMILES string of the molecule is COC(=O)N(O)c1cccc(I)c1COc1ccc(C)cc1C(F)(F)F. The van der Waals surface area contributed by atoms with Crippen LogP contribution in [0.15, 0.2) is 36.4 Å². The van der Waals surface area contributed by atoms with Crippen LogP contribution in [0, 0.1) is 10.5 Å². The van der Waals surface area contributed by atoms with Gasteiger partial charge in [-0.05, 0) is 53.8 Å². The molecule has 140 valence electrons. The Bertz CT molecular complexity index is 811. The highest BCUT2D eigenvalue weighted by molar-refractivity contribution is 14.1. The third-order valence-electron chi connectivity index (χ3n) is 3.48. The number of amides is 1. The summed E-state index contributed by atoms with van der Waals surface area (Å²) in [5.41, 5.74) is -0.0372. The summed E-state index contributed by atoms with van der Waals surface area (Å²) in [6, 6.07) is 8.43. The number of benzene rings is 2. The van der Waals surface area contributed by atoms with Crippen LogP contribution in [0.3, 0.4) is 0 Å². The Morgan fingerprint density at radius 3 is 2.58 bits per heavy atom. The van der Waals surface area contributed by atoms with E-state index in [0.717, 1.165) is 13.2 Å². The Hall–Kier alpha value is -2.01. The first-order valence-electron chi connectivity index (χ1n) is 7.30. The van der Waals surface area contributed by atoms with Crippen molar-refractivity contribution in [2.45, 2.75) is 19.7 Å². The van der Waals surface area contributed by atoms with Crippen molar-refractivity contribution in [3.63, 3.8) is 0 Å². The highest BCUT2D eigenvalue weighted by Gasteiger charge is 2.34. The largest absolute Gasteiger partial charge is 0.488 e. The predicted molar refractivity (Wildman–Crippen MR) is 96.3 cm³/mol. The number of hydroxylamine groups is 1. The minimum Gasteiger partial charge on any atom is -0.488 e. The van der Waals surface area contributed by atoms with Crippen LogP contribution >= 0.6 is 22.6 Å². The Balaban J connectivity index is 2.35. The predicted octanol–water partition coefficient (Wildman–Crippen LogP) is 5.16. The summed E-state index contributed by atoms with van der Waals surface area (Å²) in [5.74, 6) is -0.337. The van der Waals surface area contributed by atoms with Crippen molar-refractivity contribution < 1.29 is 32.6 Å². The number of hydrogen-bond donors (Lipinski definition) is 1. The van der Waals surface area contributed by atoms with Crippen LogP contribution in [0.25, 0.3) is 0 Å². The number of rotatable bonds is 4. The molecule has 0 aliphatic heterocycles. The van der Waals surface area contributed by atoms with Gasteiger partial charge < -0.3 is 9.47 Å². The molecule has 0 saturated heterocycles. The molecule has 2 aromatic carbocycles. The lowest BCUT2D eigenvalue weighted by Crippen LogP contribution is -2.28. The minimum atomic E-state index is -4.57. The molecule has 0 aliphatic rings. The van der Waals surface area contributed by atoms with Crippen LogP contribution in [0.2, 0.25) is 0 Å². The van der Waals surface area contributed by atoms with E-state index in [-0.39, 0.29) is 23.1 Å². The summed E-state index contributed by atoms with van der Waals surface area (Å²) in [6.07, 6.45) is -5.59. The van der Waals surface area contributed by atoms with Gasteiger partial charge in [-0.15, -0.1) is 0 Å². The summed E-state index contributed by atoms with van der Waals surface area (Å²) >= 11 is 1.94. The van der Waals surface area contributed by atoms with Crippen LogP contribution in [0.4, 0.5) is 23.7 Å². The second-order valence-corrected chi connectivity index (χ2v) is 6.47. The van der Waals surface area contributed by atoms with Crippen LogP contribution in [0.1, 0.15) is 16.7 Å². The minimum absolute atomic E-state index is 0.0596. The van der Waals surface area contributed by atoms with Crippen molar-refractivity contribution in [2.75, 3.05) is 12.2 Å². The summed E-state index contributed by atoms with van der Waals surface area (Å²) in [6.45, 7) is 1.27. The molecule has 1 N–H and O–H groups in total. The maximum Gasteiger partial charge on any atom is 0.438 e. The number of alkyl halides is 3. The molecule has 0 aromatic heterocycles. The van der Waals surface area contributed by atoms with Crippen LogP contribution in [-0.2, 0) is 17.5 Å². The van der Waals surface area contributed by atoms with Gasteiger partial charge in [0.15, 0.2) is 0 Å². The Kier molecular flexibility index (Phi) is 6.34. The fourth-order valence-corrected chi connectivity index (χ4v) is 2.85. The van der Waals surface area contributed by atoms with Crippen LogP contribution in [-0.4, -0.2) is 18.4 Å². The lowest BCUT2D eigenvalue weighted by atomic mass is 10.1. The molecule has 0 saturated carbocycles. The number of carbonyl (C=O) groups excluding carboxylic acids is 1. The van der Waals surface area contributed by atoms with Gasteiger partial charge >= 0.3 is 12.3 Å². The number of hydrogen-bond acceptors (Lipinski definition) is 4. The molecule has 0 bridgehead atoms. The highest BCUT2D eigenvalue weighted by atomic mass is 127. The monoisotopic (exact) mass is 481 g/mol. The number of ether oxygens (including phenoxy) is 2. The molecule has 2 rings (SSSR count). The number of nitrogens with zero attached hydrogens (tertiary/aromatic N) is 1. The quantitative estimate of drug-likeness (QED) is 0.373. The fourth-order valence-electron chi connectivity index (χ4n) is 2.21. The molecule has 0 spiro atoms. The van der Waals surface area contributed by atoms with Gasteiger partial charge in [-0.25, -0.2) is 4.79 Å². The summed E-state index contributed by atoms with van der Waals surface area (Å²) in [7, 11) is 1.09. The number of methoxy groups -OCH3 is 1. The van der Waals surface area contributed by atoms with Gasteiger partial charge in [-0.2, -0.15) is 18.2 Å². The smallest absolute Gasteiger partial charge is 0.438 e. The van der Waals surface area contributed by atoms with Crippen molar-refractivity contribution in [1.29, 1.82) is 0 Å². The van der Waals surface area contributed by atoms with Crippen molar-refractivity contribution in [2.24, 2.45) is 0 Å². The number of carbonyl (C=O) groups is 1. The zero-order valence-corrected chi connectivity index (χ0v) is 16.0. The molecule has 2 aromatic rings. The second-order valence-electron chi connectivity index (χ2n) is 5.31. The van der Waals surface area contributed by atoms with E-state index in [2.05, 4.69) is 4.74 Å². The van der Waals surface area contributed by atoms with Gasteiger partial charge in [-0.1, -0.05) is 17.7 Å². The van der Waals surface area contributed by atoms with Crippen molar-refractivity contribution >= 4 is 34.4 Å². The third-order valence-corrected chi connectivity index (χ3v) is 4.49. The summed E-state index contributed by atoms with van der Waals surface area (Å²) in [4.78, 5) is 11.5. The normalized spacial score (nSPS) is 11.2. The molecule has 5 nitrogen and oxygen atoms in total. The Morgan fingerprint density at radius 2 is 1.96 bits per heavy atom. The van der Waals surface area contributed by atoms with E-state index in [0.29, 0.717) is 14.7 Å². The average molecular weight is 481 g/mol. The van der Waals surface area contributed by atoms with Crippen molar-refractivity contribution in [3.8, 4) is 5.75 Å². The molecule has 26 heavy (non-hydrogen) atoms.